The number of ether oxygens (including phenoxy) is 1. The zero-order valence-corrected chi connectivity index (χ0v) is 35.7. The van der Waals surface area contributed by atoms with E-state index in [0.29, 0.717) is 77.8 Å². The normalized spacial score (nSPS) is 17.7. The van der Waals surface area contributed by atoms with Gasteiger partial charge in [0.25, 0.3) is 11.5 Å². The van der Waals surface area contributed by atoms with Crippen molar-refractivity contribution in [1.29, 1.82) is 0 Å². The number of hydrogen-bond donors (Lipinski definition) is 9. The topological polar surface area (TPSA) is 304 Å². The van der Waals surface area contributed by atoms with Crippen molar-refractivity contribution in [3.63, 3.8) is 0 Å². The molecule has 334 valence electrons. The number of rotatable bonds is 16. The number of aliphatic hydroxyl groups excluding tert-OH is 2. The fraction of sp³-hybridized carbons (Fsp3) is 0.366. The number of carbonyl (C=O) groups excluding carboxylic acids is 1. The number of nitrogen functional groups attached to an aromatic ring is 1. The number of hydrogen-bond acceptors (Lipinski definition) is 14. The summed E-state index contributed by atoms with van der Waals surface area (Å²) in [5.41, 5.74) is 8.39. The van der Waals surface area contributed by atoms with Gasteiger partial charge in [-0.3, -0.25) is 23.7 Å². The molecule has 0 spiro atoms. The Morgan fingerprint density at radius 1 is 0.984 bits per heavy atom. The maximum atomic E-state index is 13.5. The highest BCUT2D eigenvalue weighted by Crippen LogP contribution is 2.43. The van der Waals surface area contributed by atoms with E-state index in [9.17, 15) is 34.3 Å². The fourth-order valence-electron chi connectivity index (χ4n) is 7.52. The predicted molar refractivity (Wildman–Crippen MR) is 232 cm³/mol. The van der Waals surface area contributed by atoms with Gasteiger partial charge in [-0.1, -0.05) is 12.8 Å². The second-order valence-corrected chi connectivity index (χ2v) is 16.8. The molecule has 2 aliphatic heterocycles. The monoisotopic (exact) mass is 890 g/mol. The van der Waals surface area contributed by atoms with Crippen LogP contribution in [0.25, 0.3) is 44.6 Å². The van der Waals surface area contributed by atoms with E-state index in [2.05, 4.69) is 30.1 Å². The van der Waals surface area contributed by atoms with Crippen LogP contribution in [0.1, 0.15) is 52.6 Å². The first-order valence-corrected chi connectivity index (χ1v) is 21.5. The van der Waals surface area contributed by atoms with Gasteiger partial charge in [-0.05, 0) is 54.8 Å². The van der Waals surface area contributed by atoms with Gasteiger partial charge in [0.05, 0.1) is 18.2 Å². The van der Waals surface area contributed by atoms with Gasteiger partial charge in [-0.25, -0.2) is 18.9 Å². The minimum Gasteiger partial charge on any atom is -0.478 e. The molecular formula is C41H49N9O12P+. The molecule has 1 aliphatic carbocycles. The summed E-state index contributed by atoms with van der Waals surface area (Å²) in [6.45, 7) is -0.0591. The van der Waals surface area contributed by atoms with Gasteiger partial charge in [0, 0.05) is 67.1 Å². The van der Waals surface area contributed by atoms with Crippen molar-refractivity contribution in [3.8, 4) is 22.5 Å². The molecule has 0 radical (unpaired) electrons. The second-order valence-electron chi connectivity index (χ2n) is 15.6. The summed E-state index contributed by atoms with van der Waals surface area (Å²) in [6, 6.07) is 16.0. The highest BCUT2D eigenvalue weighted by atomic mass is 31.2. The Morgan fingerprint density at radius 2 is 1.73 bits per heavy atom. The smallest absolute Gasteiger partial charge is 0.469 e. The maximum Gasteiger partial charge on any atom is 0.469 e. The van der Waals surface area contributed by atoms with Crippen LogP contribution in [0.2, 0.25) is 0 Å². The van der Waals surface area contributed by atoms with E-state index in [1.54, 1.807) is 6.07 Å². The van der Waals surface area contributed by atoms with Crippen LogP contribution in [0, 0.1) is 0 Å². The molecule has 22 heteroatoms. The summed E-state index contributed by atoms with van der Waals surface area (Å²) >= 11 is 0. The number of carboxylic acids is 1. The molecule has 1 fully saturated rings. The van der Waals surface area contributed by atoms with Crippen molar-refractivity contribution in [3.05, 3.63) is 81.4 Å². The van der Waals surface area contributed by atoms with Gasteiger partial charge in [-0.15, -0.1) is 0 Å². The lowest BCUT2D eigenvalue weighted by Crippen LogP contribution is -2.33. The van der Waals surface area contributed by atoms with Crippen molar-refractivity contribution in [2.45, 2.75) is 50.2 Å². The maximum absolute atomic E-state index is 13.5. The zero-order chi connectivity index (χ0) is 45.3. The second kappa shape index (κ2) is 18.3. The van der Waals surface area contributed by atoms with Gasteiger partial charge >= 0.3 is 13.8 Å². The van der Waals surface area contributed by atoms with E-state index in [1.807, 2.05) is 74.1 Å². The molecular weight excluding hydrogens is 841 g/mol. The number of benzene rings is 3. The number of carbonyl (C=O) groups is 2. The SMILES string of the molecule is CN(C)c1ccc2c(-c3cc(C(=O)NCCCCCCNc4nc5c(=O)[nH]c(N)nc5n4[C@@H]4O[C@H](COP(=O)(O)O)[C@@H](O)[C@H]4O)ccc3C(=O)O)c3ccc(=[N+](C)C)cc-3oc2c1. The molecule has 0 saturated carbocycles. The van der Waals surface area contributed by atoms with Gasteiger partial charge in [-0.2, -0.15) is 4.98 Å². The van der Waals surface area contributed by atoms with Crippen LogP contribution in [0.4, 0.5) is 17.6 Å². The van der Waals surface area contributed by atoms with Crippen molar-refractivity contribution in [1.82, 2.24) is 29.4 Å². The van der Waals surface area contributed by atoms with E-state index < -0.39 is 50.5 Å². The average molecular weight is 891 g/mol. The number of imidazole rings is 1. The number of phosphoric acid groups is 1. The molecule has 21 nitrogen and oxygen atoms in total. The number of aromatic carboxylic acids is 1. The first-order valence-electron chi connectivity index (χ1n) is 20.0. The van der Waals surface area contributed by atoms with Crippen LogP contribution in [0.5, 0.6) is 0 Å². The van der Waals surface area contributed by atoms with Gasteiger partial charge in [0.1, 0.15) is 43.8 Å². The van der Waals surface area contributed by atoms with E-state index in [4.69, 9.17) is 24.7 Å². The molecule has 7 rings (SSSR count). The third-order valence-electron chi connectivity index (χ3n) is 10.7. The zero-order valence-electron chi connectivity index (χ0n) is 34.8. The van der Waals surface area contributed by atoms with Crippen molar-refractivity contribution in [2.24, 2.45) is 0 Å². The number of aromatic amines is 1. The number of fused-ring (bicyclic) bond motifs is 3. The molecule has 2 aromatic heterocycles. The molecule has 4 aromatic rings. The number of nitrogens with zero attached hydrogens (tertiary/aromatic N) is 5. The molecule has 1 amide bonds. The Kier molecular flexibility index (Phi) is 13.0. The van der Waals surface area contributed by atoms with Crippen LogP contribution >= 0.6 is 7.82 Å². The van der Waals surface area contributed by atoms with Crippen LogP contribution in [-0.4, -0.2) is 123 Å². The van der Waals surface area contributed by atoms with Gasteiger partial charge < -0.3 is 55.5 Å². The standard InChI is InChI=1S/C41H48N9O12P/c1-48(2)22-10-13-25-28(18-22)61-29-19-23(49(3)4)11-14-26(29)31(25)27-17-21(9-12-24(27)39(55)56)36(53)43-15-7-5-6-8-16-44-41-45-32-35(46-40(42)47-37(32)54)50(41)38-34(52)33(51)30(62-38)20-60-63(57,58)59/h9-14,17-19,30,33-34,38,51-52H,5-8,15-16,20H2,1-4H3,(H7-,42,43,44,45,46,47,53,54,55,56,57,58,59)/p+1/t30-,33-,34-,38-/m1/s1. The number of aliphatic hydroxyl groups is 2. The lowest BCUT2D eigenvalue weighted by Gasteiger charge is -2.20. The number of nitrogens with two attached hydrogens (primary N) is 1. The minimum atomic E-state index is -4.91. The third-order valence-corrected chi connectivity index (χ3v) is 11.2. The molecule has 63 heavy (non-hydrogen) atoms. The number of phosphoric ester groups is 1. The molecule has 1 saturated heterocycles. The number of amides is 1. The Bertz CT molecular complexity index is 2850. The number of aromatic nitrogens is 4. The molecule has 4 atom stereocenters. The average Bonchev–Trinajstić information content (AvgIpc) is 3.73. The lowest BCUT2D eigenvalue weighted by atomic mass is 9.89. The summed E-state index contributed by atoms with van der Waals surface area (Å²) in [6.07, 6.45) is -3.33. The number of anilines is 3. The number of carboxylic acid groups (broad SMARTS) is 1. The highest BCUT2D eigenvalue weighted by Gasteiger charge is 2.46. The third kappa shape index (κ3) is 9.59. The van der Waals surface area contributed by atoms with E-state index in [0.717, 1.165) is 11.0 Å². The van der Waals surface area contributed by atoms with Crippen molar-refractivity contribution >= 4 is 59.4 Å². The quantitative estimate of drug-likeness (QED) is 0.0291. The Labute approximate surface area is 359 Å². The van der Waals surface area contributed by atoms with Crippen LogP contribution in [0.15, 0.2) is 63.8 Å². The summed E-state index contributed by atoms with van der Waals surface area (Å²) in [7, 11) is 2.76. The summed E-state index contributed by atoms with van der Waals surface area (Å²) < 4.78 is 31.1. The van der Waals surface area contributed by atoms with Gasteiger partial charge in [0.2, 0.25) is 17.3 Å². The van der Waals surface area contributed by atoms with Crippen LogP contribution in [0.3, 0.4) is 0 Å². The largest absolute Gasteiger partial charge is 0.478 e. The first-order chi connectivity index (χ1) is 29.9. The van der Waals surface area contributed by atoms with Gasteiger partial charge in [0.15, 0.2) is 17.4 Å². The molecule has 0 unspecified atom stereocenters. The van der Waals surface area contributed by atoms with Crippen LogP contribution < -0.4 is 36.8 Å². The predicted octanol–water partition coefficient (Wildman–Crippen LogP) is 2.15. The Morgan fingerprint density at radius 3 is 2.43 bits per heavy atom. The van der Waals surface area contributed by atoms with E-state index in [1.165, 1.54) is 16.7 Å². The summed E-state index contributed by atoms with van der Waals surface area (Å²) in [4.78, 5) is 69.9. The van der Waals surface area contributed by atoms with Crippen molar-refractivity contribution in [2.75, 3.05) is 63.8 Å². The number of nitrogens with one attached hydrogen (secondary N) is 3. The fourth-order valence-corrected chi connectivity index (χ4v) is 7.86. The van der Waals surface area contributed by atoms with Crippen LogP contribution in [-0.2, 0) is 13.8 Å². The lowest BCUT2D eigenvalue weighted by molar-refractivity contribution is -0.0494. The Balaban J connectivity index is 1.01. The summed E-state index contributed by atoms with van der Waals surface area (Å²) in [5.74, 6) is -1.13. The highest BCUT2D eigenvalue weighted by molar-refractivity contribution is 7.46. The molecule has 3 aliphatic rings. The first kappa shape index (κ1) is 44.9. The minimum absolute atomic E-state index is 0.0339. The Hall–Kier alpha value is -6.19. The number of H-pyrrole nitrogens is 1. The summed E-state index contributed by atoms with van der Waals surface area (Å²) in [5, 5.41) is 39.4. The van der Waals surface area contributed by atoms with Crippen molar-refractivity contribution < 1.29 is 52.9 Å². The molecule has 10 N–H and O–H groups in total. The molecule has 0 bridgehead atoms. The molecule has 4 heterocycles. The van der Waals surface area contributed by atoms with E-state index >= 15 is 0 Å². The van der Waals surface area contributed by atoms with E-state index in [-0.39, 0.29) is 34.5 Å². The number of unbranched alkanes of at least 4 members (excludes halogenated alkanes) is 3. The molecule has 2 aromatic carbocycles.